The average molecular weight is 393 g/mol. The first kappa shape index (κ1) is 17.7. The van der Waals surface area contributed by atoms with Crippen molar-refractivity contribution in [1.29, 1.82) is 0 Å². The van der Waals surface area contributed by atoms with Crippen molar-refractivity contribution >= 4 is 44.2 Å². The number of nitrogens with zero attached hydrogens (tertiary/aromatic N) is 1. The number of nitrogens with one attached hydrogen (secondary N) is 1. The predicted octanol–water partition coefficient (Wildman–Crippen LogP) is 6.03. The van der Waals surface area contributed by atoms with E-state index in [-0.39, 0.29) is 5.91 Å². The molecule has 1 amide bonds. The Balaban J connectivity index is 1.68. The maximum Gasteiger partial charge on any atom is 0.238 e. The van der Waals surface area contributed by atoms with Crippen molar-refractivity contribution in [2.24, 2.45) is 0 Å². The number of halogens is 1. The quantitative estimate of drug-likeness (QED) is 0.460. The zero-order chi connectivity index (χ0) is 18.8. The molecule has 3 nitrogen and oxygen atoms in total. The minimum atomic E-state index is -0.398. The Hall–Kier alpha value is -2.69. The van der Waals surface area contributed by atoms with Crippen LogP contribution in [0.2, 0.25) is 5.02 Å². The molecule has 0 spiro atoms. The smallest absolute Gasteiger partial charge is 0.238 e. The first-order valence-corrected chi connectivity index (χ1v) is 9.79. The molecule has 0 aliphatic carbocycles. The summed E-state index contributed by atoms with van der Waals surface area (Å²) in [4.78, 5) is 17.7. The second kappa shape index (κ2) is 7.51. The Morgan fingerprint density at radius 3 is 2.19 bits per heavy atom. The standard InChI is InChI=1S/C22H17ClN2OS/c1-14-12-19-18(13-17(14)23)24-22(27-19)25-21(26)20(15-8-4-2-5-9-15)16-10-6-3-7-11-16/h2-13,20H,1H3,(H,24,25,26). The molecular weight excluding hydrogens is 376 g/mol. The molecule has 0 fully saturated rings. The van der Waals surface area contributed by atoms with Crippen LogP contribution in [0.3, 0.4) is 0 Å². The van der Waals surface area contributed by atoms with E-state index >= 15 is 0 Å². The van der Waals surface area contributed by atoms with E-state index in [1.807, 2.05) is 79.7 Å². The molecule has 5 heteroatoms. The van der Waals surface area contributed by atoms with Gasteiger partial charge in [-0.1, -0.05) is 83.6 Å². The third-order valence-electron chi connectivity index (χ3n) is 4.43. The van der Waals surface area contributed by atoms with Crippen molar-refractivity contribution in [2.75, 3.05) is 5.32 Å². The number of rotatable bonds is 4. The lowest BCUT2D eigenvalue weighted by Crippen LogP contribution is -2.22. The second-order valence-electron chi connectivity index (χ2n) is 6.33. The Morgan fingerprint density at radius 2 is 1.59 bits per heavy atom. The first-order valence-electron chi connectivity index (χ1n) is 8.59. The molecule has 27 heavy (non-hydrogen) atoms. The van der Waals surface area contributed by atoms with Crippen LogP contribution < -0.4 is 5.32 Å². The van der Waals surface area contributed by atoms with Crippen LogP contribution in [0.15, 0.2) is 72.8 Å². The molecule has 0 bridgehead atoms. The summed E-state index contributed by atoms with van der Waals surface area (Å²) in [5.74, 6) is -0.501. The van der Waals surface area contributed by atoms with Crippen LogP contribution in [-0.2, 0) is 4.79 Å². The van der Waals surface area contributed by atoms with Gasteiger partial charge in [0, 0.05) is 5.02 Å². The summed E-state index contributed by atoms with van der Waals surface area (Å²) in [5.41, 5.74) is 3.68. The van der Waals surface area contributed by atoms with E-state index in [2.05, 4.69) is 10.3 Å². The molecule has 3 aromatic carbocycles. The molecule has 0 saturated heterocycles. The van der Waals surface area contributed by atoms with Crippen molar-refractivity contribution in [3.63, 3.8) is 0 Å². The zero-order valence-electron chi connectivity index (χ0n) is 14.6. The predicted molar refractivity (Wildman–Crippen MR) is 113 cm³/mol. The zero-order valence-corrected chi connectivity index (χ0v) is 16.2. The molecule has 0 radical (unpaired) electrons. The summed E-state index contributed by atoms with van der Waals surface area (Å²) >= 11 is 7.65. The highest BCUT2D eigenvalue weighted by atomic mass is 35.5. The number of carbonyl (C=O) groups excluding carboxylic acids is 1. The van der Waals surface area contributed by atoms with Gasteiger partial charge in [-0.15, -0.1) is 0 Å². The largest absolute Gasteiger partial charge is 0.301 e. The highest BCUT2D eigenvalue weighted by Gasteiger charge is 2.23. The summed E-state index contributed by atoms with van der Waals surface area (Å²) in [6.45, 7) is 1.96. The summed E-state index contributed by atoms with van der Waals surface area (Å²) in [5, 5.41) is 4.25. The summed E-state index contributed by atoms with van der Waals surface area (Å²) in [7, 11) is 0. The fourth-order valence-electron chi connectivity index (χ4n) is 3.07. The van der Waals surface area contributed by atoms with Crippen LogP contribution in [-0.4, -0.2) is 10.9 Å². The van der Waals surface area contributed by atoms with Gasteiger partial charge in [0.05, 0.1) is 16.1 Å². The van der Waals surface area contributed by atoms with Gasteiger partial charge in [0.15, 0.2) is 5.13 Å². The van der Waals surface area contributed by atoms with Crippen molar-refractivity contribution < 1.29 is 4.79 Å². The lowest BCUT2D eigenvalue weighted by molar-refractivity contribution is -0.116. The van der Waals surface area contributed by atoms with Crippen molar-refractivity contribution in [3.05, 3.63) is 94.5 Å². The highest BCUT2D eigenvalue weighted by molar-refractivity contribution is 7.22. The third-order valence-corrected chi connectivity index (χ3v) is 5.77. The Morgan fingerprint density at radius 1 is 1.00 bits per heavy atom. The monoisotopic (exact) mass is 392 g/mol. The lowest BCUT2D eigenvalue weighted by Gasteiger charge is -2.16. The average Bonchev–Trinajstić information content (AvgIpc) is 3.05. The molecule has 134 valence electrons. The van der Waals surface area contributed by atoms with E-state index in [0.717, 1.165) is 26.9 Å². The number of amides is 1. The summed E-state index contributed by atoms with van der Waals surface area (Å²) in [6.07, 6.45) is 0. The number of hydrogen-bond acceptors (Lipinski definition) is 3. The van der Waals surface area contributed by atoms with E-state index in [1.54, 1.807) is 0 Å². The molecule has 1 heterocycles. The minimum Gasteiger partial charge on any atom is -0.301 e. The van der Waals surface area contributed by atoms with Crippen LogP contribution in [0.4, 0.5) is 5.13 Å². The molecule has 0 aliphatic rings. The van der Waals surface area contributed by atoms with Crippen molar-refractivity contribution in [3.8, 4) is 0 Å². The van der Waals surface area contributed by atoms with Gasteiger partial charge in [-0.05, 0) is 35.7 Å². The number of hydrogen-bond donors (Lipinski definition) is 1. The molecule has 4 rings (SSSR count). The second-order valence-corrected chi connectivity index (χ2v) is 7.77. The van der Waals surface area contributed by atoms with Crippen LogP contribution in [0.1, 0.15) is 22.6 Å². The van der Waals surface area contributed by atoms with Gasteiger partial charge < -0.3 is 5.32 Å². The van der Waals surface area contributed by atoms with Gasteiger partial charge in [-0.2, -0.15) is 0 Å². The molecule has 0 saturated carbocycles. The van der Waals surface area contributed by atoms with Gasteiger partial charge in [0.25, 0.3) is 0 Å². The number of fused-ring (bicyclic) bond motifs is 1. The van der Waals surface area contributed by atoms with E-state index in [0.29, 0.717) is 10.2 Å². The normalized spacial score (nSPS) is 11.1. The Labute approximate surface area is 166 Å². The number of thiazole rings is 1. The fraction of sp³-hybridized carbons (Fsp3) is 0.0909. The van der Waals surface area contributed by atoms with Gasteiger partial charge >= 0.3 is 0 Å². The number of aromatic nitrogens is 1. The fourth-order valence-corrected chi connectivity index (χ4v) is 4.17. The van der Waals surface area contributed by atoms with Gasteiger partial charge in [-0.25, -0.2) is 4.98 Å². The molecule has 1 aromatic heterocycles. The Bertz CT molecular complexity index is 1010. The number of benzene rings is 3. The third kappa shape index (κ3) is 3.72. The topological polar surface area (TPSA) is 42.0 Å². The van der Waals surface area contributed by atoms with Gasteiger partial charge in [0.2, 0.25) is 5.91 Å². The minimum absolute atomic E-state index is 0.103. The van der Waals surface area contributed by atoms with E-state index in [9.17, 15) is 4.79 Å². The molecule has 0 atom stereocenters. The van der Waals surface area contributed by atoms with E-state index < -0.39 is 5.92 Å². The van der Waals surface area contributed by atoms with Gasteiger partial charge in [-0.3, -0.25) is 4.79 Å². The number of carbonyl (C=O) groups is 1. The van der Waals surface area contributed by atoms with Gasteiger partial charge in [0.1, 0.15) is 0 Å². The van der Waals surface area contributed by atoms with Crippen LogP contribution >= 0.6 is 22.9 Å². The van der Waals surface area contributed by atoms with E-state index in [4.69, 9.17) is 11.6 Å². The molecule has 4 aromatic rings. The summed E-state index contributed by atoms with van der Waals surface area (Å²) < 4.78 is 1.00. The molecular formula is C22H17ClN2OS. The molecule has 0 aliphatic heterocycles. The maximum atomic E-state index is 13.2. The lowest BCUT2D eigenvalue weighted by atomic mass is 9.90. The molecule has 0 unspecified atom stereocenters. The number of aryl methyl sites for hydroxylation is 1. The first-order chi connectivity index (χ1) is 13.1. The SMILES string of the molecule is Cc1cc2sc(NC(=O)C(c3ccccc3)c3ccccc3)nc2cc1Cl. The van der Waals surface area contributed by atoms with Crippen LogP contribution in [0.5, 0.6) is 0 Å². The van der Waals surface area contributed by atoms with Crippen molar-refractivity contribution in [2.45, 2.75) is 12.8 Å². The molecule has 1 N–H and O–H groups in total. The van der Waals surface area contributed by atoms with E-state index in [1.165, 1.54) is 11.3 Å². The van der Waals surface area contributed by atoms with Crippen LogP contribution in [0.25, 0.3) is 10.2 Å². The number of anilines is 1. The highest BCUT2D eigenvalue weighted by Crippen LogP contribution is 2.32. The Kier molecular flexibility index (Phi) is 4.92. The summed E-state index contributed by atoms with van der Waals surface area (Å²) in [6, 6.07) is 23.4. The van der Waals surface area contributed by atoms with Crippen LogP contribution in [0, 0.1) is 6.92 Å². The van der Waals surface area contributed by atoms with Crippen molar-refractivity contribution in [1.82, 2.24) is 4.98 Å². The maximum absolute atomic E-state index is 13.2.